The maximum absolute atomic E-state index is 11.0. The minimum absolute atomic E-state index is 0.230. The lowest BCUT2D eigenvalue weighted by Gasteiger charge is -1.94. The number of fused-ring (bicyclic) bond motifs is 1. The Morgan fingerprint density at radius 1 is 1.25 bits per heavy atom. The number of rotatable bonds is 0. The lowest BCUT2D eigenvalue weighted by atomic mass is 10.2. The van der Waals surface area contributed by atoms with Gasteiger partial charge in [0.2, 0.25) is 0 Å². The number of para-hydroxylation sites is 1. The van der Waals surface area contributed by atoms with Crippen LogP contribution >= 0.6 is 12.6 Å². The van der Waals surface area contributed by atoms with Gasteiger partial charge in [0, 0.05) is 5.39 Å². The van der Waals surface area contributed by atoms with Crippen molar-refractivity contribution in [2.24, 2.45) is 0 Å². The van der Waals surface area contributed by atoms with Crippen LogP contribution in [0.4, 0.5) is 0 Å². The van der Waals surface area contributed by atoms with Crippen LogP contribution in [0.15, 0.2) is 44.4 Å². The Bertz CT molecular complexity index is 473. The molecule has 1 aromatic carbocycles. The Morgan fingerprint density at radius 2 is 2.00 bits per heavy atom. The molecule has 2 rings (SSSR count). The molecule has 0 N–H and O–H groups in total. The van der Waals surface area contributed by atoms with Crippen molar-refractivity contribution >= 4 is 23.6 Å². The van der Waals surface area contributed by atoms with E-state index in [1.54, 1.807) is 12.1 Å². The van der Waals surface area contributed by atoms with Crippen molar-refractivity contribution in [2.75, 3.05) is 0 Å². The summed E-state index contributed by atoms with van der Waals surface area (Å²) in [6, 6.07) is 8.93. The molecule has 0 atom stereocenters. The number of hydrogen-bond acceptors (Lipinski definition) is 2. The van der Waals surface area contributed by atoms with Crippen molar-refractivity contribution in [1.29, 1.82) is 0 Å². The molecule has 1 radical (unpaired) electrons. The molecule has 0 aliphatic rings. The molecule has 0 unspecified atom stereocenters. The molecule has 0 saturated carbocycles. The first-order valence-corrected chi connectivity index (χ1v) is 3.88. The summed E-state index contributed by atoms with van der Waals surface area (Å²) in [4.78, 5) is 11.2. The topological polar surface area (TPSA) is 30.2 Å². The van der Waals surface area contributed by atoms with Gasteiger partial charge in [-0.25, -0.2) is 4.79 Å². The molecule has 3 heteroatoms. The predicted octanol–water partition coefficient (Wildman–Crippen LogP) is 2.35. The van der Waals surface area contributed by atoms with Crippen LogP contribution in [0.3, 0.4) is 0 Å². The van der Waals surface area contributed by atoms with E-state index in [0.717, 1.165) is 5.39 Å². The smallest absolute Gasteiger partial charge is 0.354 e. The summed E-state index contributed by atoms with van der Waals surface area (Å²) in [5.74, 6) is 0. The molecule has 59 valence electrons. The Morgan fingerprint density at radius 3 is 2.83 bits per heavy atom. The van der Waals surface area contributed by atoms with Crippen LogP contribution in [0.1, 0.15) is 0 Å². The van der Waals surface area contributed by atoms with Gasteiger partial charge in [-0.05, 0) is 12.1 Å². The fourth-order valence-corrected chi connectivity index (χ4v) is 1.21. The maximum atomic E-state index is 11.0. The van der Waals surface area contributed by atoms with Gasteiger partial charge in [-0.2, -0.15) is 0 Å². The molecule has 0 bridgehead atoms. The number of hydrogen-bond donors (Lipinski definition) is 0. The average molecular weight is 177 g/mol. The standard InChI is InChI=1S/C9H5O2S/c10-9-8(12)5-6-3-1-2-4-7(6)11-9/h1-5H. The summed E-state index contributed by atoms with van der Waals surface area (Å²) >= 11 is 4.77. The lowest BCUT2D eigenvalue weighted by Crippen LogP contribution is -1.98. The monoisotopic (exact) mass is 177 g/mol. The van der Waals surface area contributed by atoms with Gasteiger partial charge in [-0.3, -0.25) is 0 Å². The molecule has 12 heavy (non-hydrogen) atoms. The fourth-order valence-electron chi connectivity index (χ4n) is 1.04. The Hall–Kier alpha value is -1.35. The summed E-state index contributed by atoms with van der Waals surface area (Å²) < 4.78 is 4.93. The molecular formula is C9H5O2S. The first-order chi connectivity index (χ1) is 5.77. The van der Waals surface area contributed by atoms with E-state index in [9.17, 15) is 4.79 Å². The highest BCUT2D eigenvalue weighted by Crippen LogP contribution is 2.13. The van der Waals surface area contributed by atoms with Gasteiger partial charge in [0.25, 0.3) is 0 Å². The van der Waals surface area contributed by atoms with Gasteiger partial charge in [-0.15, -0.1) is 0 Å². The highest BCUT2D eigenvalue weighted by Gasteiger charge is 2.00. The van der Waals surface area contributed by atoms with E-state index in [1.807, 2.05) is 18.2 Å². The predicted molar refractivity (Wildman–Crippen MR) is 48.3 cm³/mol. The zero-order valence-corrected chi connectivity index (χ0v) is 6.93. The Balaban J connectivity index is 2.93. The summed E-state index contributed by atoms with van der Waals surface area (Å²) in [6.45, 7) is 0. The second-order valence-electron chi connectivity index (χ2n) is 2.44. The van der Waals surface area contributed by atoms with Crippen molar-refractivity contribution < 1.29 is 4.42 Å². The Kier molecular flexibility index (Phi) is 1.59. The maximum Gasteiger partial charge on any atom is 0.354 e. The zero-order chi connectivity index (χ0) is 8.55. The van der Waals surface area contributed by atoms with E-state index in [0.29, 0.717) is 5.58 Å². The summed E-state index contributed by atoms with van der Waals surface area (Å²) in [5, 5.41) is 0.863. The van der Waals surface area contributed by atoms with Crippen molar-refractivity contribution in [3.63, 3.8) is 0 Å². The third-order valence-corrected chi connectivity index (χ3v) is 1.89. The minimum atomic E-state index is -0.441. The minimum Gasteiger partial charge on any atom is -0.422 e. The van der Waals surface area contributed by atoms with Crippen molar-refractivity contribution in [2.45, 2.75) is 4.90 Å². The van der Waals surface area contributed by atoms with E-state index < -0.39 is 5.63 Å². The van der Waals surface area contributed by atoms with Gasteiger partial charge in [0.15, 0.2) is 0 Å². The lowest BCUT2D eigenvalue weighted by molar-refractivity contribution is 0.544. The van der Waals surface area contributed by atoms with Gasteiger partial charge in [0.1, 0.15) is 10.5 Å². The van der Waals surface area contributed by atoms with Gasteiger partial charge in [0.05, 0.1) is 0 Å². The summed E-state index contributed by atoms with van der Waals surface area (Å²) in [7, 11) is 0. The summed E-state index contributed by atoms with van der Waals surface area (Å²) in [6.07, 6.45) is 0. The average Bonchev–Trinajstić information content (AvgIpc) is 2.07. The molecule has 2 nitrogen and oxygen atoms in total. The van der Waals surface area contributed by atoms with Crippen molar-refractivity contribution in [3.05, 3.63) is 40.8 Å². The fraction of sp³-hybridized carbons (Fsp3) is 0. The van der Waals surface area contributed by atoms with E-state index in [2.05, 4.69) is 0 Å². The van der Waals surface area contributed by atoms with Crippen LogP contribution in [-0.2, 0) is 0 Å². The molecule has 1 aromatic heterocycles. The Labute approximate surface area is 74.2 Å². The first-order valence-electron chi connectivity index (χ1n) is 3.47. The van der Waals surface area contributed by atoms with Gasteiger partial charge < -0.3 is 4.42 Å². The molecule has 0 aliphatic heterocycles. The molecule has 2 aromatic rings. The first kappa shape index (κ1) is 7.31. The van der Waals surface area contributed by atoms with Crippen molar-refractivity contribution in [1.82, 2.24) is 0 Å². The van der Waals surface area contributed by atoms with Gasteiger partial charge in [-0.1, -0.05) is 30.8 Å². The molecular weight excluding hydrogens is 172 g/mol. The zero-order valence-electron chi connectivity index (χ0n) is 6.11. The molecule has 0 spiro atoms. The van der Waals surface area contributed by atoms with Gasteiger partial charge >= 0.3 is 5.63 Å². The van der Waals surface area contributed by atoms with E-state index in [-0.39, 0.29) is 4.90 Å². The molecule has 0 saturated heterocycles. The second-order valence-corrected chi connectivity index (χ2v) is 2.88. The normalized spacial score (nSPS) is 10.3. The molecule has 0 amide bonds. The van der Waals surface area contributed by atoms with E-state index in [4.69, 9.17) is 17.0 Å². The quantitative estimate of drug-likeness (QED) is 0.578. The van der Waals surface area contributed by atoms with Crippen LogP contribution in [0.25, 0.3) is 11.0 Å². The molecule has 0 aliphatic carbocycles. The third-order valence-electron chi connectivity index (χ3n) is 1.61. The SMILES string of the molecule is O=c1oc2ccccc2cc1[S]. The van der Waals surface area contributed by atoms with Crippen LogP contribution in [0, 0.1) is 0 Å². The largest absolute Gasteiger partial charge is 0.422 e. The van der Waals surface area contributed by atoms with Crippen LogP contribution in [0.2, 0.25) is 0 Å². The number of benzene rings is 1. The molecule has 1 heterocycles. The van der Waals surface area contributed by atoms with Crippen LogP contribution in [-0.4, -0.2) is 0 Å². The van der Waals surface area contributed by atoms with Crippen LogP contribution < -0.4 is 5.63 Å². The van der Waals surface area contributed by atoms with E-state index >= 15 is 0 Å². The van der Waals surface area contributed by atoms with E-state index in [1.165, 1.54) is 0 Å². The third kappa shape index (κ3) is 1.08. The molecule has 0 fully saturated rings. The van der Waals surface area contributed by atoms with Crippen molar-refractivity contribution in [3.8, 4) is 0 Å². The highest BCUT2D eigenvalue weighted by atomic mass is 32.1. The van der Waals surface area contributed by atoms with Crippen LogP contribution in [0.5, 0.6) is 0 Å². The highest BCUT2D eigenvalue weighted by molar-refractivity contribution is 7.80. The second kappa shape index (κ2) is 2.60. The summed E-state index contributed by atoms with van der Waals surface area (Å²) in [5.41, 5.74) is 0.139.